The lowest BCUT2D eigenvalue weighted by Crippen LogP contribution is -2.52. The van der Waals surface area contributed by atoms with Gasteiger partial charge in [-0.25, -0.2) is 4.98 Å². The van der Waals surface area contributed by atoms with Crippen molar-refractivity contribution in [1.29, 1.82) is 0 Å². The lowest BCUT2D eigenvalue weighted by atomic mass is 10.0. The maximum Gasteiger partial charge on any atom is 0.376 e. The zero-order valence-electron chi connectivity index (χ0n) is 16.0. The van der Waals surface area contributed by atoms with Crippen molar-refractivity contribution in [2.24, 2.45) is 5.92 Å². The molecular formula is C18H26N6O3. The molecule has 1 fully saturated rings. The molecule has 1 N–H and O–H groups in total. The largest absolute Gasteiger partial charge is 0.376 e. The topological polar surface area (TPSA) is 96.0 Å². The van der Waals surface area contributed by atoms with Gasteiger partial charge in [0.25, 0.3) is 0 Å². The first-order chi connectivity index (χ1) is 12.9. The Labute approximate surface area is 157 Å². The Balaban J connectivity index is 1.87. The number of aromatic nitrogens is 2. The van der Waals surface area contributed by atoms with E-state index < -0.39 is 16.2 Å². The number of piperazine rings is 1. The molecule has 27 heavy (non-hydrogen) atoms. The minimum absolute atomic E-state index is 0.0379. The third-order valence-electron chi connectivity index (χ3n) is 5.15. The first-order valence-corrected chi connectivity index (χ1v) is 9.20. The van der Waals surface area contributed by atoms with Gasteiger partial charge in [-0.3, -0.25) is 24.2 Å². The van der Waals surface area contributed by atoms with Crippen LogP contribution >= 0.6 is 0 Å². The van der Waals surface area contributed by atoms with E-state index in [1.165, 1.54) is 10.6 Å². The summed E-state index contributed by atoms with van der Waals surface area (Å²) < 4.78 is 1.20. The van der Waals surface area contributed by atoms with Crippen molar-refractivity contribution in [3.63, 3.8) is 0 Å². The summed E-state index contributed by atoms with van der Waals surface area (Å²) in [6.45, 7) is 8.69. The molecular weight excluding hydrogens is 348 g/mol. The third-order valence-corrected chi connectivity index (χ3v) is 5.15. The van der Waals surface area contributed by atoms with Crippen LogP contribution in [0.1, 0.15) is 13.8 Å². The summed E-state index contributed by atoms with van der Waals surface area (Å²) in [5, 5.41) is 14.6. The lowest BCUT2D eigenvalue weighted by molar-refractivity contribution is -0.385. The molecule has 0 radical (unpaired) electrons. The fourth-order valence-corrected chi connectivity index (χ4v) is 3.51. The van der Waals surface area contributed by atoms with Crippen molar-refractivity contribution in [2.45, 2.75) is 19.9 Å². The van der Waals surface area contributed by atoms with Gasteiger partial charge < -0.3 is 10.2 Å². The highest BCUT2D eigenvalue weighted by atomic mass is 16.6. The number of likely N-dealkylation sites (N-methyl/N-ethyl adjacent to an activating group) is 1. The number of nitrogens with zero attached hydrogens (tertiary/aromatic N) is 5. The summed E-state index contributed by atoms with van der Waals surface area (Å²) in [7, 11) is 2.11. The summed E-state index contributed by atoms with van der Waals surface area (Å²) >= 11 is 0. The molecule has 2 aromatic heterocycles. The zero-order chi connectivity index (χ0) is 19.6. The van der Waals surface area contributed by atoms with Crippen LogP contribution in [0, 0.1) is 16.0 Å². The van der Waals surface area contributed by atoms with E-state index in [0.29, 0.717) is 18.1 Å². The van der Waals surface area contributed by atoms with Gasteiger partial charge in [-0.05, 0) is 25.1 Å². The molecule has 146 valence electrons. The Morgan fingerprint density at radius 2 is 1.96 bits per heavy atom. The number of nitrogens with one attached hydrogen (secondary N) is 1. The van der Waals surface area contributed by atoms with E-state index in [1.807, 2.05) is 0 Å². The SMILES string of the molecule is CC(C)[C@H](CNc1nc2ccccn2c(=O)c1[N+](=O)[O-])N1CCN(C)CC1. The van der Waals surface area contributed by atoms with E-state index in [2.05, 4.69) is 41.0 Å². The van der Waals surface area contributed by atoms with Gasteiger partial charge in [-0.1, -0.05) is 19.9 Å². The van der Waals surface area contributed by atoms with E-state index in [1.54, 1.807) is 18.2 Å². The van der Waals surface area contributed by atoms with E-state index >= 15 is 0 Å². The van der Waals surface area contributed by atoms with E-state index in [9.17, 15) is 14.9 Å². The van der Waals surface area contributed by atoms with Crippen LogP contribution in [0.4, 0.5) is 11.5 Å². The fraction of sp³-hybridized carbons (Fsp3) is 0.556. The van der Waals surface area contributed by atoms with E-state index in [0.717, 1.165) is 26.2 Å². The maximum atomic E-state index is 12.5. The average Bonchev–Trinajstić information content (AvgIpc) is 2.63. The highest BCUT2D eigenvalue weighted by Crippen LogP contribution is 2.20. The molecule has 1 saturated heterocycles. The smallest absolute Gasteiger partial charge is 0.363 e. The van der Waals surface area contributed by atoms with Crippen LogP contribution in [0.15, 0.2) is 29.2 Å². The van der Waals surface area contributed by atoms with Crippen molar-refractivity contribution in [3.05, 3.63) is 44.9 Å². The number of pyridine rings is 1. The number of hydrogen-bond donors (Lipinski definition) is 1. The summed E-state index contributed by atoms with van der Waals surface area (Å²) in [4.78, 5) is 32.4. The number of nitro groups is 1. The molecule has 3 heterocycles. The predicted molar refractivity (Wildman–Crippen MR) is 104 cm³/mol. The van der Waals surface area contributed by atoms with Crippen molar-refractivity contribution in [2.75, 3.05) is 45.1 Å². The van der Waals surface area contributed by atoms with Crippen molar-refractivity contribution in [1.82, 2.24) is 19.2 Å². The zero-order valence-corrected chi connectivity index (χ0v) is 16.0. The van der Waals surface area contributed by atoms with Crippen LogP contribution in [0.3, 0.4) is 0 Å². The molecule has 3 rings (SSSR count). The number of fused-ring (bicyclic) bond motifs is 1. The van der Waals surface area contributed by atoms with Crippen LogP contribution < -0.4 is 10.9 Å². The fourth-order valence-electron chi connectivity index (χ4n) is 3.51. The first kappa shape index (κ1) is 19.2. The molecule has 1 aliphatic rings. The van der Waals surface area contributed by atoms with E-state index in [4.69, 9.17) is 0 Å². The van der Waals surface area contributed by atoms with Gasteiger partial charge in [0, 0.05) is 45.0 Å². The first-order valence-electron chi connectivity index (χ1n) is 9.20. The average molecular weight is 374 g/mol. The normalized spacial score (nSPS) is 17.3. The Morgan fingerprint density at radius 3 is 2.59 bits per heavy atom. The molecule has 1 aliphatic heterocycles. The predicted octanol–water partition coefficient (Wildman–Crippen LogP) is 1.29. The molecule has 0 aliphatic carbocycles. The van der Waals surface area contributed by atoms with Crippen LogP contribution in [0.5, 0.6) is 0 Å². The molecule has 2 aromatic rings. The molecule has 0 aromatic carbocycles. The van der Waals surface area contributed by atoms with Crippen LogP contribution in [-0.4, -0.2) is 69.9 Å². The molecule has 0 unspecified atom stereocenters. The Kier molecular flexibility index (Phi) is 5.71. The van der Waals surface area contributed by atoms with Crippen LogP contribution in [0.2, 0.25) is 0 Å². The van der Waals surface area contributed by atoms with Gasteiger partial charge in [0.15, 0.2) is 0 Å². The van der Waals surface area contributed by atoms with Gasteiger partial charge in [0.2, 0.25) is 5.82 Å². The van der Waals surface area contributed by atoms with E-state index in [-0.39, 0.29) is 11.9 Å². The summed E-state index contributed by atoms with van der Waals surface area (Å²) in [5.41, 5.74) is -0.801. The van der Waals surface area contributed by atoms with Gasteiger partial charge in [-0.2, -0.15) is 0 Å². The number of anilines is 1. The minimum Gasteiger partial charge on any atom is -0.363 e. The molecule has 0 saturated carbocycles. The monoisotopic (exact) mass is 374 g/mol. The Morgan fingerprint density at radius 1 is 1.26 bits per heavy atom. The summed E-state index contributed by atoms with van der Waals surface area (Å²) in [6.07, 6.45) is 1.49. The highest BCUT2D eigenvalue weighted by molar-refractivity contribution is 5.59. The van der Waals surface area contributed by atoms with Gasteiger partial charge in [-0.15, -0.1) is 0 Å². The molecule has 0 bridgehead atoms. The molecule has 9 nitrogen and oxygen atoms in total. The second-order valence-electron chi connectivity index (χ2n) is 7.33. The minimum atomic E-state index is -0.672. The second-order valence-corrected chi connectivity index (χ2v) is 7.33. The molecule has 0 amide bonds. The second kappa shape index (κ2) is 8.01. The quantitative estimate of drug-likeness (QED) is 0.601. The lowest BCUT2D eigenvalue weighted by Gasteiger charge is -2.40. The van der Waals surface area contributed by atoms with Gasteiger partial charge >= 0.3 is 11.2 Å². The maximum absolute atomic E-state index is 12.5. The van der Waals surface area contributed by atoms with Crippen LogP contribution in [0.25, 0.3) is 5.65 Å². The van der Waals surface area contributed by atoms with Crippen molar-refractivity contribution in [3.8, 4) is 0 Å². The third kappa shape index (κ3) is 4.09. The summed E-state index contributed by atoms with van der Waals surface area (Å²) in [5.74, 6) is 0.400. The van der Waals surface area contributed by atoms with Crippen molar-refractivity contribution < 1.29 is 4.92 Å². The van der Waals surface area contributed by atoms with Gasteiger partial charge in [0.1, 0.15) is 5.65 Å². The Hall–Kier alpha value is -2.52. The van der Waals surface area contributed by atoms with Crippen LogP contribution in [-0.2, 0) is 0 Å². The molecule has 1 atom stereocenters. The number of rotatable bonds is 6. The molecule has 9 heteroatoms. The molecule has 0 spiro atoms. The standard InChI is InChI=1S/C18H26N6O3/c1-13(2)14(22-10-8-21(3)9-11-22)12-19-17-16(24(26)27)18(25)23-7-5-4-6-15(23)20-17/h4-7,13-14,19H,8-12H2,1-3H3/t14-/m0/s1. The summed E-state index contributed by atoms with van der Waals surface area (Å²) in [6, 6.07) is 5.26. The highest BCUT2D eigenvalue weighted by Gasteiger charge is 2.28. The van der Waals surface area contributed by atoms with Gasteiger partial charge in [0.05, 0.1) is 4.92 Å². The Bertz CT molecular complexity index is 873. The number of hydrogen-bond acceptors (Lipinski definition) is 7. The van der Waals surface area contributed by atoms with Crippen molar-refractivity contribution >= 4 is 17.2 Å².